The SMILES string of the molecule is Cc1cc(NC(=O)Cn2nc(-n3cccn3)ccc2=O)sn1. The van der Waals surface area contributed by atoms with Gasteiger partial charge >= 0.3 is 0 Å². The first-order chi connectivity index (χ1) is 10.6. The quantitative estimate of drug-likeness (QED) is 0.769. The predicted octanol–water partition coefficient (Wildman–Crippen LogP) is 0.833. The van der Waals surface area contributed by atoms with E-state index in [4.69, 9.17) is 0 Å². The number of hydrogen-bond donors (Lipinski definition) is 1. The third-order valence-corrected chi connectivity index (χ3v) is 3.57. The molecule has 0 aliphatic heterocycles. The van der Waals surface area contributed by atoms with E-state index in [1.165, 1.54) is 22.3 Å². The Morgan fingerprint density at radius 1 is 1.41 bits per heavy atom. The standard InChI is InChI=1S/C13H12N6O2S/c1-9-7-12(22-17-9)15-11(20)8-19-13(21)4-3-10(16-19)18-6-2-5-14-18/h2-7H,8H2,1H3,(H,15,20). The van der Waals surface area contributed by atoms with E-state index in [1.54, 1.807) is 30.6 Å². The van der Waals surface area contributed by atoms with Gasteiger partial charge in [-0.2, -0.15) is 9.47 Å². The van der Waals surface area contributed by atoms with Crippen molar-refractivity contribution >= 4 is 22.4 Å². The lowest BCUT2D eigenvalue weighted by atomic mass is 10.4. The van der Waals surface area contributed by atoms with E-state index in [9.17, 15) is 9.59 Å². The molecule has 0 saturated carbocycles. The number of aromatic nitrogens is 5. The highest BCUT2D eigenvalue weighted by atomic mass is 32.1. The van der Waals surface area contributed by atoms with Gasteiger partial charge in [0.2, 0.25) is 5.91 Å². The van der Waals surface area contributed by atoms with E-state index in [0.29, 0.717) is 10.8 Å². The van der Waals surface area contributed by atoms with Crippen molar-refractivity contribution < 1.29 is 4.79 Å². The van der Waals surface area contributed by atoms with Crippen LogP contribution in [0.3, 0.4) is 0 Å². The summed E-state index contributed by atoms with van der Waals surface area (Å²) in [5.41, 5.74) is 0.475. The molecule has 8 nitrogen and oxygen atoms in total. The minimum atomic E-state index is -0.355. The Labute approximate surface area is 129 Å². The van der Waals surface area contributed by atoms with Gasteiger partial charge in [0, 0.05) is 18.5 Å². The van der Waals surface area contributed by atoms with Crippen LogP contribution in [0.15, 0.2) is 41.5 Å². The number of aryl methyl sites for hydroxylation is 1. The molecule has 1 N–H and O–H groups in total. The zero-order valence-corrected chi connectivity index (χ0v) is 12.4. The zero-order chi connectivity index (χ0) is 15.5. The zero-order valence-electron chi connectivity index (χ0n) is 11.6. The van der Waals surface area contributed by atoms with Gasteiger partial charge in [0.05, 0.1) is 5.69 Å². The van der Waals surface area contributed by atoms with E-state index in [0.717, 1.165) is 10.4 Å². The first-order valence-electron chi connectivity index (χ1n) is 6.43. The van der Waals surface area contributed by atoms with Crippen molar-refractivity contribution in [3.8, 4) is 5.82 Å². The minimum Gasteiger partial charge on any atom is -0.315 e. The third-order valence-electron chi connectivity index (χ3n) is 2.78. The second-order valence-corrected chi connectivity index (χ2v) is 5.32. The monoisotopic (exact) mass is 316 g/mol. The molecule has 0 atom stereocenters. The molecule has 0 radical (unpaired) electrons. The summed E-state index contributed by atoms with van der Waals surface area (Å²) in [6.45, 7) is 1.66. The van der Waals surface area contributed by atoms with E-state index in [-0.39, 0.29) is 18.0 Å². The Hall–Kier alpha value is -2.81. The van der Waals surface area contributed by atoms with Crippen molar-refractivity contribution in [1.29, 1.82) is 0 Å². The second-order valence-electron chi connectivity index (χ2n) is 4.52. The van der Waals surface area contributed by atoms with Crippen LogP contribution in [0.2, 0.25) is 0 Å². The van der Waals surface area contributed by atoms with Crippen LogP contribution in [-0.2, 0) is 11.3 Å². The highest BCUT2D eigenvalue weighted by Crippen LogP contribution is 2.15. The lowest BCUT2D eigenvalue weighted by Gasteiger charge is -2.06. The number of anilines is 1. The smallest absolute Gasteiger partial charge is 0.267 e. The van der Waals surface area contributed by atoms with Crippen LogP contribution in [0.4, 0.5) is 5.00 Å². The van der Waals surface area contributed by atoms with E-state index >= 15 is 0 Å². The molecule has 3 aromatic rings. The van der Waals surface area contributed by atoms with E-state index < -0.39 is 0 Å². The molecule has 0 aliphatic rings. The Morgan fingerprint density at radius 3 is 2.95 bits per heavy atom. The molecule has 3 aromatic heterocycles. The molecule has 3 heterocycles. The molecular formula is C13H12N6O2S. The Bertz CT molecular complexity index is 852. The van der Waals surface area contributed by atoms with Crippen molar-refractivity contribution in [2.75, 3.05) is 5.32 Å². The first kappa shape index (κ1) is 14.1. The summed E-state index contributed by atoms with van der Waals surface area (Å²) >= 11 is 1.19. The van der Waals surface area contributed by atoms with E-state index in [2.05, 4.69) is 19.9 Å². The maximum atomic E-state index is 12.0. The fourth-order valence-corrected chi connectivity index (χ4v) is 2.49. The molecule has 0 bridgehead atoms. The lowest BCUT2D eigenvalue weighted by molar-refractivity contribution is -0.117. The second kappa shape index (κ2) is 5.90. The highest BCUT2D eigenvalue weighted by Gasteiger charge is 2.09. The summed E-state index contributed by atoms with van der Waals surface area (Å²) in [6, 6.07) is 6.42. The maximum Gasteiger partial charge on any atom is 0.267 e. The molecule has 9 heteroatoms. The normalized spacial score (nSPS) is 10.6. The molecule has 3 rings (SSSR count). The molecule has 112 valence electrons. The van der Waals surface area contributed by atoms with Gasteiger partial charge in [-0.1, -0.05) is 0 Å². The van der Waals surface area contributed by atoms with Crippen molar-refractivity contribution in [2.45, 2.75) is 13.5 Å². The molecule has 22 heavy (non-hydrogen) atoms. The number of amides is 1. The number of nitrogens with one attached hydrogen (secondary N) is 1. The molecule has 0 unspecified atom stereocenters. The van der Waals surface area contributed by atoms with Crippen LogP contribution >= 0.6 is 11.5 Å². The number of hydrogen-bond acceptors (Lipinski definition) is 6. The van der Waals surface area contributed by atoms with Crippen molar-refractivity contribution in [2.24, 2.45) is 0 Å². The van der Waals surface area contributed by atoms with Gasteiger partial charge in [-0.15, -0.1) is 5.10 Å². The molecule has 1 amide bonds. The summed E-state index contributed by atoms with van der Waals surface area (Å²) < 4.78 is 6.69. The van der Waals surface area contributed by atoms with Gasteiger partial charge in [0.15, 0.2) is 5.82 Å². The first-order valence-corrected chi connectivity index (χ1v) is 7.20. The largest absolute Gasteiger partial charge is 0.315 e. The summed E-state index contributed by atoms with van der Waals surface area (Å²) in [5.74, 6) is 0.127. The number of rotatable bonds is 4. The van der Waals surface area contributed by atoms with Crippen LogP contribution in [0.1, 0.15) is 5.69 Å². The summed E-state index contributed by atoms with van der Waals surface area (Å²) in [5, 5.41) is 11.5. The van der Waals surface area contributed by atoms with Crippen molar-refractivity contribution in [1.82, 2.24) is 23.9 Å². The van der Waals surface area contributed by atoms with Gasteiger partial charge in [-0.3, -0.25) is 9.59 Å². The van der Waals surface area contributed by atoms with Crippen LogP contribution in [-0.4, -0.2) is 29.8 Å². The third kappa shape index (κ3) is 3.09. The lowest BCUT2D eigenvalue weighted by Crippen LogP contribution is -2.29. The fourth-order valence-electron chi connectivity index (χ4n) is 1.81. The molecule has 0 aliphatic carbocycles. The van der Waals surface area contributed by atoms with Crippen LogP contribution in [0.5, 0.6) is 0 Å². The number of nitrogens with zero attached hydrogens (tertiary/aromatic N) is 5. The van der Waals surface area contributed by atoms with E-state index in [1.807, 2.05) is 6.92 Å². The Balaban J connectivity index is 1.78. The highest BCUT2D eigenvalue weighted by molar-refractivity contribution is 7.10. The fraction of sp³-hybridized carbons (Fsp3) is 0.154. The number of carbonyl (C=O) groups is 1. The Kier molecular flexibility index (Phi) is 3.79. The molecular weight excluding hydrogens is 304 g/mol. The van der Waals surface area contributed by atoms with Crippen LogP contribution in [0, 0.1) is 6.92 Å². The summed E-state index contributed by atoms with van der Waals surface area (Å²) in [6.07, 6.45) is 3.31. The van der Waals surface area contributed by atoms with Crippen LogP contribution < -0.4 is 10.9 Å². The van der Waals surface area contributed by atoms with Crippen LogP contribution in [0.25, 0.3) is 5.82 Å². The van der Waals surface area contributed by atoms with Crippen molar-refractivity contribution in [3.05, 3.63) is 52.7 Å². The minimum absolute atomic E-state index is 0.176. The maximum absolute atomic E-state index is 12.0. The Morgan fingerprint density at radius 2 is 2.27 bits per heavy atom. The predicted molar refractivity (Wildman–Crippen MR) is 81.1 cm³/mol. The average Bonchev–Trinajstić information content (AvgIpc) is 3.13. The summed E-state index contributed by atoms with van der Waals surface area (Å²) in [4.78, 5) is 23.8. The summed E-state index contributed by atoms with van der Waals surface area (Å²) in [7, 11) is 0. The van der Waals surface area contributed by atoms with Gasteiger partial charge in [0.25, 0.3) is 5.56 Å². The number of carbonyl (C=O) groups excluding carboxylic acids is 1. The molecule has 0 aromatic carbocycles. The molecule has 0 spiro atoms. The van der Waals surface area contributed by atoms with Gasteiger partial charge in [0.1, 0.15) is 11.5 Å². The van der Waals surface area contributed by atoms with Gasteiger partial charge in [-0.25, -0.2) is 9.36 Å². The average molecular weight is 316 g/mol. The van der Waals surface area contributed by atoms with Crippen molar-refractivity contribution in [3.63, 3.8) is 0 Å². The van der Waals surface area contributed by atoms with Gasteiger partial charge < -0.3 is 5.32 Å². The molecule has 0 saturated heterocycles. The molecule has 0 fully saturated rings. The van der Waals surface area contributed by atoms with Gasteiger partial charge in [-0.05, 0) is 36.7 Å². The topological polar surface area (TPSA) is 94.7 Å².